The van der Waals surface area contributed by atoms with Crippen LogP contribution in [0.25, 0.3) is 0 Å². The van der Waals surface area contributed by atoms with Gasteiger partial charge < -0.3 is 19.5 Å². The zero-order chi connectivity index (χ0) is 16.7. The summed E-state index contributed by atoms with van der Waals surface area (Å²) < 4.78 is 16.3. The van der Waals surface area contributed by atoms with Gasteiger partial charge in [0.2, 0.25) is 0 Å². The summed E-state index contributed by atoms with van der Waals surface area (Å²) in [6.07, 6.45) is 1.50. The van der Waals surface area contributed by atoms with Crippen LogP contribution in [0.1, 0.15) is 32.8 Å². The van der Waals surface area contributed by atoms with E-state index in [-0.39, 0.29) is 18.1 Å². The Morgan fingerprint density at radius 2 is 2.00 bits per heavy atom. The summed E-state index contributed by atoms with van der Waals surface area (Å²) in [6, 6.07) is 8.23. The summed E-state index contributed by atoms with van der Waals surface area (Å²) >= 11 is 0. The molecule has 0 unspecified atom stereocenters. The molecule has 128 valence electrons. The number of rotatable bonds is 7. The van der Waals surface area contributed by atoms with Crippen LogP contribution in [-0.2, 0) is 20.7 Å². The first kappa shape index (κ1) is 17.8. The van der Waals surface area contributed by atoms with E-state index < -0.39 is 6.10 Å². The van der Waals surface area contributed by atoms with Crippen molar-refractivity contribution >= 4 is 5.91 Å². The van der Waals surface area contributed by atoms with E-state index in [0.717, 1.165) is 18.6 Å². The van der Waals surface area contributed by atoms with E-state index in [2.05, 4.69) is 17.4 Å². The van der Waals surface area contributed by atoms with Crippen LogP contribution in [0.4, 0.5) is 0 Å². The molecule has 1 aromatic rings. The van der Waals surface area contributed by atoms with Gasteiger partial charge in [-0.25, -0.2) is 0 Å². The number of carbonyl (C=O) groups is 1. The molecular weight excluding hydrogens is 294 g/mol. The minimum atomic E-state index is -0.473. The highest BCUT2D eigenvalue weighted by molar-refractivity contribution is 5.81. The van der Waals surface area contributed by atoms with Gasteiger partial charge in [0, 0.05) is 6.04 Å². The monoisotopic (exact) mass is 321 g/mol. The Kier molecular flexibility index (Phi) is 6.86. The third kappa shape index (κ3) is 6.20. The maximum atomic E-state index is 12.0. The first-order chi connectivity index (χ1) is 11.0. The Labute approximate surface area is 138 Å². The number of aryl methyl sites for hydroxylation is 1. The van der Waals surface area contributed by atoms with Crippen LogP contribution in [0.15, 0.2) is 24.3 Å². The highest BCUT2D eigenvalue weighted by Crippen LogP contribution is 2.15. The maximum Gasteiger partial charge on any atom is 0.251 e. The van der Waals surface area contributed by atoms with Gasteiger partial charge in [0.05, 0.1) is 25.9 Å². The molecule has 0 aliphatic carbocycles. The van der Waals surface area contributed by atoms with E-state index >= 15 is 0 Å². The molecule has 1 aliphatic rings. The number of hydrogen-bond donors (Lipinski definition) is 1. The van der Waals surface area contributed by atoms with Gasteiger partial charge in [-0.3, -0.25) is 4.79 Å². The van der Waals surface area contributed by atoms with Crippen molar-refractivity contribution in [2.24, 2.45) is 0 Å². The van der Waals surface area contributed by atoms with Gasteiger partial charge in [-0.05, 0) is 51.3 Å². The van der Waals surface area contributed by atoms with Crippen molar-refractivity contribution in [1.82, 2.24) is 5.32 Å². The molecule has 1 aromatic carbocycles. The molecule has 0 spiro atoms. The minimum Gasteiger partial charge on any atom is -0.491 e. The second-order valence-corrected chi connectivity index (χ2v) is 6.19. The summed E-state index contributed by atoms with van der Waals surface area (Å²) in [4.78, 5) is 12.0. The lowest BCUT2D eigenvalue weighted by atomic mass is 10.1. The van der Waals surface area contributed by atoms with Gasteiger partial charge in [-0.2, -0.15) is 0 Å². The topological polar surface area (TPSA) is 56.8 Å². The first-order valence-corrected chi connectivity index (χ1v) is 8.30. The van der Waals surface area contributed by atoms with E-state index in [0.29, 0.717) is 19.8 Å². The lowest BCUT2D eigenvalue weighted by Crippen LogP contribution is -2.45. The second-order valence-electron chi connectivity index (χ2n) is 6.19. The van der Waals surface area contributed by atoms with Crippen molar-refractivity contribution in [3.8, 4) is 5.75 Å². The molecule has 0 bridgehead atoms. The van der Waals surface area contributed by atoms with Gasteiger partial charge in [0.25, 0.3) is 5.91 Å². The number of carbonyl (C=O) groups excluding carboxylic acids is 1. The van der Waals surface area contributed by atoms with E-state index in [9.17, 15) is 4.79 Å². The zero-order valence-corrected chi connectivity index (χ0v) is 14.2. The van der Waals surface area contributed by atoms with E-state index in [1.807, 2.05) is 32.9 Å². The number of hydrogen-bond acceptors (Lipinski definition) is 4. The molecule has 2 rings (SSSR count). The SMILES string of the molecule is CC(C)Oc1ccc(CC[C@H](C)NC(=O)[C@@H]2COCCO2)cc1. The number of benzene rings is 1. The van der Waals surface area contributed by atoms with Crippen molar-refractivity contribution in [3.05, 3.63) is 29.8 Å². The molecule has 0 aromatic heterocycles. The fourth-order valence-electron chi connectivity index (χ4n) is 2.44. The van der Waals surface area contributed by atoms with Crippen LogP contribution in [0.3, 0.4) is 0 Å². The Hall–Kier alpha value is -1.59. The summed E-state index contributed by atoms with van der Waals surface area (Å²) in [5.41, 5.74) is 1.24. The van der Waals surface area contributed by atoms with Gasteiger partial charge >= 0.3 is 0 Å². The van der Waals surface area contributed by atoms with Crippen LogP contribution in [0.5, 0.6) is 5.75 Å². The smallest absolute Gasteiger partial charge is 0.251 e. The van der Waals surface area contributed by atoms with Crippen molar-refractivity contribution in [3.63, 3.8) is 0 Å². The van der Waals surface area contributed by atoms with E-state index in [1.54, 1.807) is 0 Å². The third-order valence-corrected chi connectivity index (χ3v) is 3.66. The fraction of sp³-hybridized carbons (Fsp3) is 0.611. The second kappa shape index (κ2) is 8.89. The molecule has 0 radical (unpaired) electrons. The fourth-order valence-corrected chi connectivity index (χ4v) is 2.44. The molecule has 1 amide bonds. The van der Waals surface area contributed by atoms with Crippen molar-refractivity contribution < 1.29 is 19.0 Å². The van der Waals surface area contributed by atoms with Crippen molar-refractivity contribution in [2.45, 2.75) is 51.9 Å². The zero-order valence-electron chi connectivity index (χ0n) is 14.2. The number of amides is 1. The summed E-state index contributed by atoms with van der Waals surface area (Å²) in [7, 11) is 0. The highest BCUT2D eigenvalue weighted by atomic mass is 16.6. The van der Waals surface area contributed by atoms with E-state index in [1.165, 1.54) is 5.56 Å². The summed E-state index contributed by atoms with van der Waals surface area (Å²) in [5.74, 6) is 0.803. The maximum absolute atomic E-state index is 12.0. The Bertz CT molecular complexity index is 480. The molecule has 1 heterocycles. The van der Waals surface area contributed by atoms with Gasteiger partial charge in [-0.15, -0.1) is 0 Å². The Morgan fingerprint density at radius 1 is 1.26 bits per heavy atom. The molecule has 5 heteroatoms. The standard InChI is InChI=1S/C18H27NO4/c1-13(2)23-16-8-6-15(7-9-16)5-4-14(3)19-18(20)17-12-21-10-11-22-17/h6-9,13-14,17H,4-5,10-12H2,1-3H3,(H,19,20)/t14-,17-/m0/s1. The Morgan fingerprint density at radius 3 is 2.61 bits per heavy atom. The predicted octanol–water partition coefficient (Wildman–Crippen LogP) is 2.33. The van der Waals surface area contributed by atoms with Crippen LogP contribution in [0, 0.1) is 0 Å². The van der Waals surface area contributed by atoms with Crippen LogP contribution >= 0.6 is 0 Å². The molecule has 1 N–H and O–H groups in total. The number of ether oxygens (including phenoxy) is 3. The average Bonchev–Trinajstić information content (AvgIpc) is 2.54. The lowest BCUT2D eigenvalue weighted by Gasteiger charge is -2.24. The quantitative estimate of drug-likeness (QED) is 0.837. The van der Waals surface area contributed by atoms with Crippen LogP contribution in [0.2, 0.25) is 0 Å². The van der Waals surface area contributed by atoms with Crippen LogP contribution < -0.4 is 10.1 Å². The number of nitrogens with one attached hydrogen (secondary N) is 1. The van der Waals surface area contributed by atoms with E-state index in [4.69, 9.17) is 14.2 Å². The van der Waals surface area contributed by atoms with Gasteiger partial charge in [0.1, 0.15) is 5.75 Å². The highest BCUT2D eigenvalue weighted by Gasteiger charge is 2.23. The molecule has 0 saturated carbocycles. The molecule has 1 saturated heterocycles. The third-order valence-electron chi connectivity index (χ3n) is 3.66. The normalized spacial score (nSPS) is 19.4. The largest absolute Gasteiger partial charge is 0.491 e. The van der Waals surface area contributed by atoms with Gasteiger partial charge in [-0.1, -0.05) is 12.1 Å². The molecule has 1 aliphatic heterocycles. The Balaban J connectivity index is 1.73. The molecule has 1 fully saturated rings. The van der Waals surface area contributed by atoms with Crippen molar-refractivity contribution in [1.29, 1.82) is 0 Å². The molecular formula is C18H27NO4. The average molecular weight is 321 g/mol. The summed E-state index contributed by atoms with van der Waals surface area (Å²) in [5, 5.41) is 2.99. The minimum absolute atomic E-state index is 0.0853. The molecule has 2 atom stereocenters. The lowest BCUT2D eigenvalue weighted by molar-refractivity contribution is -0.148. The van der Waals surface area contributed by atoms with Crippen molar-refractivity contribution in [2.75, 3.05) is 19.8 Å². The first-order valence-electron chi connectivity index (χ1n) is 8.30. The molecule has 5 nitrogen and oxygen atoms in total. The summed E-state index contributed by atoms with van der Waals surface area (Å²) in [6.45, 7) is 7.43. The predicted molar refractivity (Wildman–Crippen MR) is 88.7 cm³/mol. The van der Waals surface area contributed by atoms with Crippen LogP contribution in [-0.4, -0.2) is 44.0 Å². The molecule has 23 heavy (non-hydrogen) atoms. The van der Waals surface area contributed by atoms with Gasteiger partial charge in [0.15, 0.2) is 6.10 Å².